The highest BCUT2D eigenvalue weighted by atomic mass is 32.1. The van der Waals surface area contributed by atoms with Crippen LogP contribution >= 0.6 is 11.3 Å². The number of ether oxygens (including phenoxy) is 1. The Bertz CT molecular complexity index is 787. The largest absolute Gasteiger partial charge is 0.507 e. The lowest BCUT2D eigenvalue weighted by atomic mass is 10.2. The van der Waals surface area contributed by atoms with Gasteiger partial charge in [0.2, 0.25) is 4.80 Å². The second-order valence-corrected chi connectivity index (χ2v) is 5.98. The summed E-state index contributed by atoms with van der Waals surface area (Å²) in [7, 11) is 0. The second kappa shape index (κ2) is 7.78. The van der Waals surface area contributed by atoms with Gasteiger partial charge in [-0.25, -0.2) is 4.68 Å². The van der Waals surface area contributed by atoms with Crippen LogP contribution in [0.5, 0.6) is 11.5 Å². The Hall–Kier alpha value is -2.34. The molecule has 0 fully saturated rings. The van der Waals surface area contributed by atoms with Crippen molar-refractivity contribution in [3.63, 3.8) is 0 Å². The van der Waals surface area contributed by atoms with E-state index in [1.807, 2.05) is 32.2 Å². The van der Waals surface area contributed by atoms with Crippen molar-refractivity contribution in [3.05, 3.63) is 51.8 Å². The van der Waals surface area contributed by atoms with E-state index in [-0.39, 0.29) is 5.75 Å². The number of aryl methyl sites for hydroxylation is 1. The molecule has 1 aromatic carbocycles. The molecule has 2 aromatic rings. The van der Waals surface area contributed by atoms with Crippen LogP contribution in [0.4, 0.5) is 0 Å². The first-order valence-corrected chi connectivity index (χ1v) is 8.21. The SMILES string of the molecule is C=C(C)CN=c1scc(C)n1N=Cc1ccc(OCC)cc1O. The summed E-state index contributed by atoms with van der Waals surface area (Å²) in [5.74, 6) is 0.771. The highest BCUT2D eigenvalue weighted by Gasteiger charge is 2.03. The molecule has 0 saturated carbocycles. The number of aromatic hydroxyl groups is 1. The van der Waals surface area contributed by atoms with Gasteiger partial charge in [-0.15, -0.1) is 11.3 Å². The maximum absolute atomic E-state index is 10.0. The average Bonchev–Trinajstić information content (AvgIpc) is 2.85. The van der Waals surface area contributed by atoms with E-state index in [4.69, 9.17) is 4.74 Å². The van der Waals surface area contributed by atoms with E-state index in [9.17, 15) is 5.11 Å². The Kier molecular flexibility index (Phi) is 5.76. The third-order valence-corrected chi connectivity index (χ3v) is 3.93. The molecule has 0 spiro atoms. The lowest BCUT2D eigenvalue weighted by Gasteiger charge is -2.05. The number of nitrogens with zero attached hydrogens (tertiary/aromatic N) is 3. The average molecular weight is 331 g/mol. The topological polar surface area (TPSA) is 59.1 Å². The Morgan fingerprint density at radius 2 is 2.26 bits per heavy atom. The van der Waals surface area contributed by atoms with E-state index in [0.29, 0.717) is 24.5 Å². The fraction of sp³-hybridized carbons (Fsp3) is 0.294. The summed E-state index contributed by atoms with van der Waals surface area (Å²) in [6.07, 6.45) is 1.62. The van der Waals surface area contributed by atoms with Gasteiger partial charge in [0.1, 0.15) is 11.5 Å². The van der Waals surface area contributed by atoms with Gasteiger partial charge in [-0.3, -0.25) is 4.99 Å². The molecular weight excluding hydrogens is 310 g/mol. The molecule has 2 rings (SSSR count). The van der Waals surface area contributed by atoms with Crippen molar-refractivity contribution in [2.24, 2.45) is 10.1 Å². The maximum atomic E-state index is 10.0. The number of aromatic nitrogens is 1. The van der Waals surface area contributed by atoms with Crippen LogP contribution in [-0.2, 0) is 0 Å². The van der Waals surface area contributed by atoms with Crippen LogP contribution in [0.3, 0.4) is 0 Å². The summed E-state index contributed by atoms with van der Waals surface area (Å²) in [6, 6.07) is 5.17. The number of phenolic OH excluding ortho intramolecular Hbond substituents is 1. The van der Waals surface area contributed by atoms with Gasteiger partial charge in [0, 0.05) is 17.0 Å². The van der Waals surface area contributed by atoms with Gasteiger partial charge in [-0.1, -0.05) is 12.2 Å². The van der Waals surface area contributed by atoms with Gasteiger partial charge >= 0.3 is 0 Å². The van der Waals surface area contributed by atoms with Crippen LogP contribution in [0.1, 0.15) is 25.1 Å². The molecule has 23 heavy (non-hydrogen) atoms. The predicted octanol–water partition coefficient (Wildman–Crippen LogP) is 3.32. The monoisotopic (exact) mass is 331 g/mol. The molecule has 0 bridgehead atoms. The molecule has 0 unspecified atom stereocenters. The van der Waals surface area contributed by atoms with Gasteiger partial charge in [0.25, 0.3) is 0 Å². The molecular formula is C17H21N3O2S. The zero-order chi connectivity index (χ0) is 16.8. The Morgan fingerprint density at radius 3 is 2.91 bits per heavy atom. The quantitative estimate of drug-likeness (QED) is 0.652. The molecule has 0 saturated heterocycles. The van der Waals surface area contributed by atoms with Crippen molar-refractivity contribution in [2.45, 2.75) is 20.8 Å². The van der Waals surface area contributed by atoms with E-state index >= 15 is 0 Å². The van der Waals surface area contributed by atoms with Crippen LogP contribution in [0, 0.1) is 6.92 Å². The molecule has 0 aliphatic heterocycles. The van der Waals surface area contributed by atoms with E-state index < -0.39 is 0 Å². The third kappa shape index (κ3) is 4.56. The van der Waals surface area contributed by atoms with Gasteiger partial charge < -0.3 is 9.84 Å². The first-order chi connectivity index (χ1) is 11.0. The van der Waals surface area contributed by atoms with Crippen LogP contribution in [0.25, 0.3) is 0 Å². The summed E-state index contributed by atoms with van der Waals surface area (Å²) in [6.45, 7) is 10.8. The fourth-order valence-corrected chi connectivity index (χ4v) is 2.65. The van der Waals surface area contributed by atoms with E-state index in [1.54, 1.807) is 23.0 Å². The Morgan fingerprint density at radius 1 is 1.48 bits per heavy atom. The first-order valence-electron chi connectivity index (χ1n) is 7.33. The van der Waals surface area contributed by atoms with Gasteiger partial charge in [-0.2, -0.15) is 5.10 Å². The van der Waals surface area contributed by atoms with Crippen molar-refractivity contribution >= 4 is 17.6 Å². The molecule has 5 nitrogen and oxygen atoms in total. The van der Waals surface area contributed by atoms with E-state index in [2.05, 4.69) is 16.7 Å². The minimum absolute atomic E-state index is 0.133. The zero-order valence-electron chi connectivity index (χ0n) is 13.6. The van der Waals surface area contributed by atoms with Crippen LogP contribution < -0.4 is 9.54 Å². The predicted molar refractivity (Wildman–Crippen MR) is 94.6 cm³/mol. The van der Waals surface area contributed by atoms with E-state index in [0.717, 1.165) is 16.1 Å². The molecule has 0 amide bonds. The number of rotatable bonds is 6. The second-order valence-electron chi connectivity index (χ2n) is 5.14. The van der Waals surface area contributed by atoms with Gasteiger partial charge in [0.15, 0.2) is 0 Å². The number of thiazole rings is 1. The molecule has 6 heteroatoms. The lowest BCUT2D eigenvalue weighted by Crippen LogP contribution is -2.13. The molecule has 122 valence electrons. The summed E-state index contributed by atoms with van der Waals surface area (Å²) < 4.78 is 7.11. The van der Waals surface area contributed by atoms with Gasteiger partial charge in [0.05, 0.1) is 25.1 Å². The third-order valence-electron chi connectivity index (χ3n) is 2.96. The lowest BCUT2D eigenvalue weighted by molar-refractivity contribution is 0.337. The molecule has 0 aliphatic rings. The smallest absolute Gasteiger partial charge is 0.206 e. The fourth-order valence-electron chi connectivity index (χ4n) is 1.85. The minimum Gasteiger partial charge on any atom is -0.507 e. The minimum atomic E-state index is 0.133. The van der Waals surface area contributed by atoms with Crippen molar-refractivity contribution < 1.29 is 9.84 Å². The van der Waals surface area contributed by atoms with E-state index in [1.165, 1.54) is 11.3 Å². The highest BCUT2D eigenvalue weighted by Crippen LogP contribution is 2.22. The van der Waals surface area contributed by atoms with Crippen LogP contribution in [-0.4, -0.2) is 29.1 Å². The Labute approximate surface area is 139 Å². The van der Waals surface area contributed by atoms with Crippen molar-refractivity contribution in [2.75, 3.05) is 13.2 Å². The summed E-state index contributed by atoms with van der Waals surface area (Å²) >= 11 is 1.53. The van der Waals surface area contributed by atoms with Crippen molar-refractivity contribution in [1.82, 2.24) is 4.68 Å². The van der Waals surface area contributed by atoms with Crippen LogP contribution in [0.15, 0.2) is 45.8 Å². The number of hydrogen-bond donors (Lipinski definition) is 1. The van der Waals surface area contributed by atoms with Gasteiger partial charge in [-0.05, 0) is 32.9 Å². The summed E-state index contributed by atoms with van der Waals surface area (Å²) in [5.41, 5.74) is 2.60. The molecule has 1 aromatic heterocycles. The normalized spacial score (nSPS) is 12.0. The maximum Gasteiger partial charge on any atom is 0.206 e. The molecule has 1 heterocycles. The molecule has 0 atom stereocenters. The summed E-state index contributed by atoms with van der Waals surface area (Å²) in [4.78, 5) is 5.28. The molecule has 1 N–H and O–H groups in total. The van der Waals surface area contributed by atoms with Crippen molar-refractivity contribution in [3.8, 4) is 11.5 Å². The number of benzene rings is 1. The molecule has 0 radical (unpaired) electrons. The summed E-state index contributed by atoms with van der Waals surface area (Å²) in [5, 5.41) is 16.5. The van der Waals surface area contributed by atoms with Crippen LogP contribution in [0.2, 0.25) is 0 Å². The standard InChI is InChI=1S/C17H21N3O2S/c1-5-22-15-7-6-14(16(21)8-15)10-19-20-13(4)11-23-17(20)18-9-12(2)3/h6-8,10-11,21H,2,5,9H2,1,3-4H3. The first kappa shape index (κ1) is 17.0. The number of hydrogen-bond acceptors (Lipinski definition) is 5. The highest BCUT2D eigenvalue weighted by molar-refractivity contribution is 7.07. The Balaban J connectivity index is 2.29. The zero-order valence-corrected chi connectivity index (χ0v) is 14.4. The molecule has 0 aliphatic carbocycles. The number of phenols is 1. The van der Waals surface area contributed by atoms with Crippen molar-refractivity contribution in [1.29, 1.82) is 0 Å².